The number of hydrogen-bond donors (Lipinski definition) is 1. The van der Waals surface area contributed by atoms with E-state index in [1.54, 1.807) is 12.5 Å². The van der Waals surface area contributed by atoms with Gasteiger partial charge in [0.1, 0.15) is 17.4 Å². The van der Waals surface area contributed by atoms with Crippen LogP contribution in [0.4, 0.5) is 11.5 Å². The molecule has 0 spiro atoms. The quantitative estimate of drug-likeness (QED) is 0.737. The van der Waals surface area contributed by atoms with Gasteiger partial charge >= 0.3 is 0 Å². The number of nitriles is 1. The van der Waals surface area contributed by atoms with Crippen LogP contribution in [0.15, 0.2) is 36.8 Å². The van der Waals surface area contributed by atoms with Gasteiger partial charge in [-0.1, -0.05) is 19.1 Å². The number of aryl methyl sites for hydroxylation is 2. The average Bonchev–Trinajstić information content (AvgIpc) is 3.06. The van der Waals surface area contributed by atoms with E-state index in [1.165, 1.54) is 0 Å². The Hall–Kier alpha value is -2.95. The molecule has 0 bridgehead atoms. The van der Waals surface area contributed by atoms with Crippen molar-refractivity contribution in [3.05, 3.63) is 47.9 Å². The molecule has 0 aliphatic carbocycles. The number of hydrogen-bond acceptors (Lipinski definition) is 6. The van der Waals surface area contributed by atoms with E-state index in [0.717, 1.165) is 40.1 Å². The lowest BCUT2D eigenvalue weighted by Crippen LogP contribution is -2.51. The van der Waals surface area contributed by atoms with Crippen molar-refractivity contribution in [1.29, 1.82) is 5.26 Å². The minimum absolute atomic E-state index is 0.320. The van der Waals surface area contributed by atoms with Crippen LogP contribution < -0.4 is 4.90 Å². The summed E-state index contributed by atoms with van der Waals surface area (Å²) in [6, 6.07) is 10.3. The van der Waals surface area contributed by atoms with Gasteiger partial charge in [-0.25, -0.2) is 9.97 Å². The third kappa shape index (κ3) is 3.11. The largest absolute Gasteiger partial charge is 0.390 e. The Kier molecular flexibility index (Phi) is 4.75. The molecule has 1 aliphatic rings. The lowest BCUT2D eigenvalue weighted by atomic mass is 9.97. The van der Waals surface area contributed by atoms with Gasteiger partial charge in [0.25, 0.3) is 0 Å². The summed E-state index contributed by atoms with van der Waals surface area (Å²) in [6.07, 6.45) is 4.11. The van der Waals surface area contributed by atoms with E-state index in [0.29, 0.717) is 13.1 Å². The van der Waals surface area contributed by atoms with Gasteiger partial charge in [-0.05, 0) is 23.6 Å². The van der Waals surface area contributed by atoms with Crippen LogP contribution in [0.5, 0.6) is 0 Å². The number of aliphatic hydroxyl groups excluding tert-OH is 1. The molecule has 1 saturated heterocycles. The molecular formula is C21H24N6O. The van der Waals surface area contributed by atoms with Gasteiger partial charge in [0.15, 0.2) is 0 Å². The van der Waals surface area contributed by atoms with Crippen molar-refractivity contribution in [3.63, 3.8) is 0 Å². The molecule has 1 N–H and O–H groups in total. The van der Waals surface area contributed by atoms with Crippen LogP contribution >= 0.6 is 0 Å². The molecular weight excluding hydrogens is 352 g/mol. The molecule has 1 aromatic carbocycles. The number of anilines is 2. The van der Waals surface area contributed by atoms with Crippen molar-refractivity contribution in [3.8, 4) is 6.07 Å². The molecule has 4 rings (SSSR count). The molecule has 1 unspecified atom stereocenters. The van der Waals surface area contributed by atoms with E-state index in [-0.39, 0.29) is 12.1 Å². The zero-order valence-electron chi connectivity index (χ0n) is 16.4. The summed E-state index contributed by atoms with van der Waals surface area (Å²) in [6.45, 7) is 3.22. The van der Waals surface area contributed by atoms with Gasteiger partial charge in [-0.15, -0.1) is 0 Å². The van der Waals surface area contributed by atoms with Gasteiger partial charge in [0.05, 0.1) is 30.2 Å². The number of nitrogens with zero attached hydrogens (tertiary/aromatic N) is 6. The van der Waals surface area contributed by atoms with E-state index in [2.05, 4.69) is 40.0 Å². The smallest absolute Gasteiger partial charge is 0.134 e. The maximum atomic E-state index is 9.63. The number of benzene rings is 1. The van der Waals surface area contributed by atoms with E-state index >= 15 is 0 Å². The summed E-state index contributed by atoms with van der Waals surface area (Å²) in [5, 5.41) is 19.2. The highest BCUT2D eigenvalue weighted by atomic mass is 16.3. The topological polar surface area (TPSA) is 81.2 Å². The van der Waals surface area contributed by atoms with Crippen LogP contribution in [0.2, 0.25) is 0 Å². The second kappa shape index (κ2) is 7.23. The zero-order valence-corrected chi connectivity index (χ0v) is 16.4. The predicted molar refractivity (Wildman–Crippen MR) is 108 cm³/mol. The van der Waals surface area contributed by atoms with Crippen LogP contribution in [0.3, 0.4) is 0 Å². The Morgan fingerprint density at radius 1 is 1.32 bits per heavy atom. The molecule has 7 nitrogen and oxygen atoms in total. The van der Waals surface area contributed by atoms with Gasteiger partial charge < -0.3 is 14.6 Å². The lowest BCUT2D eigenvalue weighted by Gasteiger charge is -2.39. The SMILES string of the molecule is CCc1cc(C(C#N)N2CC(O)C2)ccc1N(C)c1cc2c(cn1)ncn2C. The minimum Gasteiger partial charge on any atom is -0.390 e. The predicted octanol–water partition coefficient (Wildman–Crippen LogP) is 2.54. The molecule has 144 valence electrons. The summed E-state index contributed by atoms with van der Waals surface area (Å²) >= 11 is 0. The fourth-order valence-electron chi connectivity index (χ4n) is 3.78. The molecule has 2 aromatic heterocycles. The number of rotatable bonds is 5. The van der Waals surface area contributed by atoms with Gasteiger partial charge in [0.2, 0.25) is 0 Å². The molecule has 1 aliphatic heterocycles. The standard InChI is InChI=1S/C21H24N6O/c1-4-14-7-15(20(9-22)27-11-16(28)12-27)5-6-18(14)26(3)21-8-19-17(10-23-21)24-13-25(19)2/h5-8,10,13,16,20,28H,4,11-12H2,1-3H3. The highest BCUT2D eigenvalue weighted by molar-refractivity contribution is 5.79. The van der Waals surface area contributed by atoms with Crippen molar-refractivity contribution in [2.45, 2.75) is 25.5 Å². The number of aromatic nitrogens is 3. The number of β-amino-alcohol motifs (C(OH)–C–C–N with tert-alkyl or cyclic N) is 1. The number of imidazole rings is 1. The van der Waals surface area contributed by atoms with Crippen LogP contribution in [-0.4, -0.2) is 50.8 Å². The molecule has 0 saturated carbocycles. The maximum Gasteiger partial charge on any atom is 0.134 e. The monoisotopic (exact) mass is 376 g/mol. The Labute approximate surface area is 164 Å². The van der Waals surface area contributed by atoms with Crippen molar-refractivity contribution in [1.82, 2.24) is 19.4 Å². The fraction of sp³-hybridized carbons (Fsp3) is 0.381. The molecule has 1 atom stereocenters. The molecule has 1 fully saturated rings. The van der Waals surface area contributed by atoms with Crippen molar-refractivity contribution < 1.29 is 5.11 Å². The third-order valence-corrected chi connectivity index (χ3v) is 5.48. The van der Waals surface area contributed by atoms with Crippen LogP contribution in [-0.2, 0) is 13.5 Å². The van der Waals surface area contributed by atoms with Gasteiger partial charge in [-0.2, -0.15) is 5.26 Å². The lowest BCUT2D eigenvalue weighted by molar-refractivity contribution is -0.0127. The number of likely N-dealkylation sites (tertiary alicyclic amines) is 1. The number of fused-ring (bicyclic) bond motifs is 1. The molecule has 28 heavy (non-hydrogen) atoms. The van der Waals surface area contributed by atoms with Crippen molar-refractivity contribution in [2.24, 2.45) is 7.05 Å². The van der Waals surface area contributed by atoms with Gasteiger partial charge in [-0.3, -0.25) is 4.90 Å². The maximum absolute atomic E-state index is 9.63. The first-order chi connectivity index (χ1) is 13.5. The second-order valence-electron chi connectivity index (χ2n) is 7.33. The van der Waals surface area contributed by atoms with Gasteiger partial charge in [0, 0.05) is 38.9 Å². The van der Waals surface area contributed by atoms with Crippen LogP contribution in [0, 0.1) is 11.3 Å². The van der Waals surface area contributed by atoms with E-state index in [1.807, 2.05) is 35.7 Å². The second-order valence-corrected chi connectivity index (χ2v) is 7.33. The Bertz CT molecular complexity index is 1050. The molecule has 0 radical (unpaired) electrons. The normalized spacial score (nSPS) is 16.0. The Balaban J connectivity index is 1.66. The highest BCUT2D eigenvalue weighted by Crippen LogP contribution is 2.32. The van der Waals surface area contributed by atoms with E-state index in [9.17, 15) is 10.4 Å². The van der Waals surface area contributed by atoms with Crippen molar-refractivity contribution in [2.75, 3.05) is 25.0 Å². The third-order valence-electron chi connectivity index (χ3n) is 5.48. The summed E-state index contributed by atoms with van der Waals surface area (Å²) < 4.78 is 1.98. The van der Waals surface area contributed by atoms with Crippen LogP contribution in [0.25, 0.3) is 11.0 Å². The fourth-order valence-corrected chi connectivity index (χ4v) is 3.78. The summed E-state index contributed by atoms with van der Waals surface area (Å²) in [5.41, 5.74) is 5.11. The van der Waals surface area contributed by atoms with Crippen LogP contribution in [0.1, 0.15) is 24.1 Å². The average molecular weight is 376 g/mol. The molecule has 0 amide bonds. The number of pyridine rings is 1. The van der Waals surface area contributed by atoms with Crippen molar-refractivity contribution >= 4 is 22.5 Å². The van der Waals surface area contributed by atoms with E-state index < -0.39 is 0 Å². The number of aliphatic hydroxyl groups is 1. The zero-order chi connectivity index (χ0) is 19.8. The molecule has 7 heteroatoms. The van der Waals surface area contributed by atoms with E-state index in [4.69, 9.17) is 0 Å². The Morgan fingerprint density at radius 2 is 2.11 bits per heavy atom. The minimum atomic E-state index is -0.322. The first-order valence-corrected chi connectivity index (χ1v) is 9.47. The molecule has 3 heterocycles. The first kappa shape index (κ1) is 18.4. The Morgan fingerprint density at radius 3 is 2.79 bits per heavy atom. The molecule has 3 aromatic rings. The first-order valence-electron chi connectivity index (χ1n) is 9.47. The summed E-state index contributed by atoms with van der Waals surface area (Å²) in [7, 11) is 3.98. The summed E-state index contributed by atoms with van der Waals surface area (Å²) in [5.74, 6) is 0.848. The highest BCUT2D eigenvalue weighted by Gasteiger charge is 2.32. The summed E-state index contributed by atoms with van der Waals surface area (Å²) in [4.78, 5) is 13.0.